The number of fused-ring (bicyclic) bond motifs is 1. The highest BCUT2D eigenvalue weighted by molar-refractivity contribution is 8.01. The van der Waals surface area contributed by atoms with Gasteiger partial charge in [0.15, 0.2) is 14.9 Å². The minimum absolute atomic E-state index is 0.0628. The molecule has 0 spiro atoms. The summed E-state index contributed by atoms with van der Waals surface area (Å²) in [4.78, 5) is 40.9. The lowest BCUT2D eigenvalue weighted by molar-refractivity contribution is -0.150. The highest BCUT2D eigenvalue weighted by Crippen LogP contribution is 2.41. The molecular formula is C15H13N7O5S4. The van der Waals surface area contributed by atoms with Crippen LogP contribution in [-0.4, -0.2) is 76.8 Å². The van der Waals surface area contributed by atoms with Crippen LogP contribution in [0.15, 0.2) is 31.7 Å². The van der Waals surface area contributed by atoms with Gasteiger partial charge >= 0.3 is 5.97 Å². The smallest absolute Gasteiger partial charge is 0.352 e. The Balaban J connectivity index is 1.49. The second-order valence-corrected chi connectivity index (χ2v) is 10.2. The van der Waals surface area contributed by atoms with E-state index in [-0.39, 0.29) is 21.9 Å². The lowest BCUT2D eigenvalue weighted by Gasteiger charge is -2.49. The molecule has 2 atom stereocenters. The summed E-state index contributed by atoms with van der Waals surface area (Å²) >= 11 is 5.03. The predicted molar refractivity (Wildman–Crippen MR) is 113 cm³/mol. The van der Waals surface area contributed by atoms with Crippen LogP contribution < -0.4 is 10.1 Å². The van der Waals surface area contributed by atoms with Crippen molar-refractivity contribution in [3.05, 3.63) is 32.7 Å². The number of carboxylic acid groups (broad SMARTS) is 1. The summed E-state index contributed by atoms with van der Waals surface area (Å²) in [6.07, 6.45) is 0. The number of carbonyl (C=O) groups excluding carboxylic acids is 2. The fourth-order valence-corrected chi connectivity index (χ4v) is 6.56. The minimum atomic E-state index is -1.22. The van der Waals surface area contributed by atoms with Crippen LogP contribution in [0.25, 0.3) is 0 Å². The van der Waals surface area contributed by atoms with E-state index in [1.165, 1.54) is 45.1 Å². The number of β-lactam (4-membered cyclic amide) rings is 1. The molecule has 2 aromatic heterocycles. The van der Waals surface area contributed by atoms with Gasteiger partial charge in [-0.3, -0.25) is 19.9 Å². The molecule has 0 saturated carbocycles. The number of thioether (sulfide) groups is 2. The molecule has 0 aromatic carbocycles. The van der Waals surface area contributed by atoms with Crippen molar-refractivity contribution in [3.63, 3.8) is 0 Å². The summed E-state index contributed by atoms with van der Waals surface area (Å²) in [5.41, 5.74) is 1.84. The maximum absolute atomic E-state index is 12.7. The number of aliphatic carboxylic acids is 1. The number of H-pyrrole nitrogens is 1. The first-order chi connectivity index (χ1) is 14.9. The number of hydrogen-bond acceptors (Lipinski definition) is 12. The number of carboxylic acids is 1. The maximum atomic E-state index is 12.7. The zero-order valence-electron chi connectivity index (χ0n) is 15.3. The molecule has 12 nitrogen and oxygen atoms in total. The normalized spacial score (nSPS) is 21.0. The van der Waals surface area contributed by atoms with Crippen LogP contribution in [0.5, 0.6) is 0 Å². The minimum Gasteiger partial charge on any atom is -0.477 e. The number of amides is 2. The Morgan fingerprint density at radius 1 is 1.45 bits per heavy atom. The highest BCUT2D eigenvalue weighted by atomic mass is 32.2. The third-order valence-electron chi connectivity index (χ3n) is 4.36. The van der Waals surface area contributed by atoms with Crippen molar-refractivity contribution in [2.45, 2.75) is 15.8 Å². The van der Waals surface area contributed by atoms with Crippen molar-refractivity contribution in [2.75, 3.05) is 11.5 Å². The van der Waals surface area contributed by atoms with Crippen molar-refractivity contribution in [3.8, 4) is 0 Å². The molecule has 1 saturated heterocycles. The Labute approximate surface area is 190 Å². The van der Waals surface area contributed by atoms with Crippen LogP contribution in [0.4, 0.5) is 0 Å². The predicted octanol–water partition coefficient (Wildman–Crippen LogP) is 0.116. The van der Waals surface area contributed by atoms with E-state index < -0.39 is 29.2 Å². The van der Waals surface area contributed by atoms with E-state index in [4.69, 9.17) is 5.41 Å². The topological polar surface area (TPSA) is 185 Å². The SMILES string of the molecule is N=c1[nH]c(C(=NO)C(=O)NC2C(=O)N3C(C(=O)O)=C(CSc4nncs4)CS[C@@H]23)cs1. The van der Waals surface area contributed by atoms with E-state index in [1.54, 1.807) is 5.51 Å². The third kappa shape index (κ3) is 4.10. The number of thiazole rings is 1. The van der Waals surface area contributed by atoms with Gasteiger partial charge in [0.05, 0.1) is 5.69 Å². The van der Waals surface area contributed by atoms with Crippen LogP contribution >= 0.6 is 46.2 Å². The molecule has 0 radical (unpaired) electrons. The fraction of sp³-hybridized carbons (Fsp3) is 0.267. The number of nitrogens with zero attached hydrogens (tertiary/aromatic N) is 4. The number of aromatic amines is 1. The highest BCUT2D eigenvalue weighted by Gasteiger charge is 2.54. The molecule has 2 aromatic rings. The van der Waals surface area contributed by atoms with Crippen molar-refractivity contribution in [1.82, 2.24) is 25.4 Å². The van der Waals surface area contributed by atoms with E-state index in [2.05, 4.69) is 25.7 Å². The van der Waals surface area contributed by atoms with Crippen molar-refractivity contribution in [2.24, 2.45) is 5.16 Å². The third-order valence-corrected chi connectivity index (χ3v) is 8.34. The van der Waals surface area contributed by atoms with Crippen LogP contribution in [0.1, 0.15) is 5.69 Å². The Morgan fingerprint density at radius 2 is 2.26 bits per heavy atom. The standard InChI is InChI=1S/C15H13N7O5S4/c16-14-18-6(3-29-14)7(21-27)10(23)19-8-11(24)22-9(13(25)26)5(1-28-12(8)22)2-30-15-20-17-4-31-15/h3-4,8,12,27H,1-2H2,(H2,16,18)(H,19,23)(H,25,26)/t8?,12-/m0/s1. The fourth-order valence-electron chi connectivity index (χ4n) is 3.01. The van der Waals surface area contributed by atoms with Crippen LogP contribution in [0.2, 0.25) is 0 Å². The van der Waals surface area contributed by atoms with Gasteiger partial charge in [0.1, 0.15) is 22.6 Å². The van der Waals surface area contributed by atoms with Gasteiger partial charge in [-0.05, 0) is 5.57 Å². The molecule has 2 aliphatic rings. The molecule has 1 fully saturated rings. The molecule has 1 unspecified atom stereocenters. The molecule has 16 heteroatoms. The molecule has 31 heavy (non-hydrogen) atoms. The maximum Gasteiger partial charge on any atom is 0.352 e. The van der Waals surface area contributed by atoms with Crippen LogP contribution in [-0.2, 0) is 14.4 Å². The monoisotopic (exact) mass is 499 g/mol. The number of oxime groups is 1. The molecule has 5 N–H and O–H groups in total. The van der Waals surface area contributed by atoms with Gasteiger partial charge in [0.2, 0.25) is 0 Å². The molecule has 162 valence electrons. The summed E-state index contributed by atoms with van der Waals surface area (Å²) in [6.45, 7) is 0. The molecule has 0 bridgehead atoms. The number of carbonyl (C=O) groups is 3. The van der Waals surface area contributed by atoms with Crippen LogP contribution in [0, 0.1) is 5.41 Å². The number of nitrogens with one attached hydrogen (secondary N) is 3. The average Bonchev–Trinajstić information content (AvgIpc) is 3.42. The summed E-state index contributed by atoms with van der Waals surface area (Å²) in [7, 11) is 0. The quantitative estimate of drug-likeness (QED) is 0.116. The van der Waals surface area contributed by atoms with Crippen molar-refractivity contribution < 1.29 is 24.7 Å². The zero-order valence-corrected chi connectivity index (χ0v) is 18.5. The lowest BCUT2D eigenvalue weighted by Crippen LogP contribution is -2.71. The Bertz CT molecular complexity index is 1150. The summed E-state index contributed by atoms with van der Waals surface area (Å²) < 4.78 is 0.696. The first-order valence-electron chi connectivity index (χ1n) is 8.45. The van der Waals surface area contributed by atoms with Crippen molar-refractivity contribution in [1.29, 1.82) is 5.41 Å². The first kappa shape index (κ1) is 21.5. The summed E-state index contributed by atoms with van der Waals surface area (Å²) in [5, 5.41) is 40.3. The molecule has 0 aliphatic carbocycles. The summed E-state index contributed by atoms with van der Waals surface area (Å²) in [5.74, 6) is -1.87. The Hall–Kier alpha value is -2.69. The first-order valence-corrected chi connectivity index (χ1v) is 12.2. The van der Waals surface area contributed by atoms with Gasteiger partial charge in [-0.1, -0.05) is 28.3 Å². The van der Waals surface area contributed by atoms with Gasteiger partial charge in [0, 0.05) is 16.9 Å². The van der Waals surface area contributed by atoms with Gasteiger partial charge in [-0.25, -0.2) is 4.79 Å². The van der Waals surface area contributed by atoms with E-state index in [1.807, 2.05) is 0 Å². The number of hydrogen-bond donors (Lipinski definition) is 5. The average molecular weight is 500 g/mol. The molecule has 4 heterocycles. The van der Waals surface area contributed by atoms with Crippen LogP contribution in [0.3, 0.4) is 0 Å². The second kappa shape index (κ2) is 8.81. The summed E-state index contributed by atoms with van der Waals surface area (Å²) in [6, 6.07) is -0.963. The second-order valence-electron chi connectivity index (χ2n) is 6.16. The van der Waals surface area contributed by atoms with Gasteiger partial charge in [-0.2, -0.15) is 0 Å². The Morgan fingerprint density at radius 3 is 2.87 bits per heavy atom. The largest absolute Gasteiger partial charge is 0.477 e. The van der Waals surface area contributed by atoms with E-state index in [0.717, 1.165) is 11.3 Å². The molecule has 4 rings (SSSR count). The van der Waals surface area contributed by atoms with Gasteiger partial charge < -0.3 is 20.6 Å². The molecule has 2 amide bonds. The lowest BCUT2D eigenvalue weighted by atomic mass is 10.0. The Kier molecular flexibility index (Phi) is 6.12. The number of rotatable bonds is 7. The van der Waals surface area contributed by atoms with Gasteiger partial charge in [-0.15, -0.1) is 33.3 Å². The van der Waals surface area contributed by atoms with E-state index >= 15 is 0 Å². The number of aromatic nitrogens is 3. The van der Waals surface area contributed by atoms with Gasteiger partial charge in [0.25, 0.3) is 11.8 Å². The molecular weight excluding hydrogens is 486 g/mol. The van der Waals surface area contributed by atoms with Crippen molar-refractivity contribution >= 4 is 69.7 Å². The zero-order chi connectivity index (χ0) is 22.1. The van der Waals surface area contributed by atoms with E-state index in [9.17, 15) is 24.7 Å². The molecule has 2 aliphatic heterocycles. The van der Waals surface area contributed by atoms with E-state index in [0.29, 0.717) is 21.4 Å².